The smallest absolute Gasteiger partial charge is 0.217 e. The molecule has 0 spiro atoms. The van der Waals surface area contributed by atoms with Crippen molar-refractivity contribution in [3.63, 3.8) is 0 Å². The molecule has 0 aliphatic heterocycles. The number of hydrogen-bond acceptors (Lipinski definition) is 3. The number of ether oxygens (including phenoxy) is 1. The third-order valence-electron chi connectivity index (χ3n) is 2.50. The monoisotopic (exact) mass is 252 g/mol. The maximum absolute atomic E-state index is 9.12. The number of halogens is 1. The van der Waals surface area contributed by atoms with E-state index in [9.17, 15) is 0 Å². The van der Waals surface area contributed by atoms with Crippen molar-refractivity contribution >= 4 is 11.6 Å². The van der Waals surface area contributed by atoms with Gasteiger partial charge in [-0.15, -0.1) is 0 Å². The van der Waals surface area contributed by atoms with Crippen molar-refractivity contribution in [2.24, 2.45) is 0 Å². The largest absolute Gasteiger partial charge is 0.481 e. The Labute approximate surface area is 104 Å². The van der Waals surface area contributed by atoms with Crippen LogP contribution in [0.1, 0.15) is 11.1 Å². The molecule has 0 bridgehead atoms. The second-order valence-electron chi connectivity index (χ2n) is 3.59. The summed E-state index contributed by atoms with van der Waals surface area (Å²) in [5.41, 5.74) is 1.62. The van der Waals surface area contributed by atoms with Crippen molar-refractivity contribution < 1.29 is 9.84 Å². The Bertz CT molecular complexity index is 511. The van der Waals surface area contributed by atoms with Gasteiger partial charge in [0.2, 0.25) is 5.88 Å². The predicted octanol–water partition coefficient (Wildman–Crippen LogP) is 2.09. The fourth-order valence-corrected chi connectivity index (χ4v) is 1.85. The summed E-state index contributed by atoms with van der Waals surface area (Å²) in [6.45, 7) is 0.425. The second kappa shape index (κ2) is 5.21. The lowest BCUT2D eigenvalue weighted by Gasteiger charge is -2.08. The number of methoxy groups -OCH3 is 1. The Morgan fingerprint density at radius 2 is 2.12 bits per heavy atom. The minimum Gasteiger partial charge on any atom is -0.481 e. The highest BCUT2D eigenvalue weighted by atomic mass is 35.5. The van der Waals surface area contributed by atoms with Gasteiger partial charge >= 0.3 is 0 Å². The van der Waals surface area contributed by atoms with Crippen LogP contribution in [-0.4, -0.2) is 22.0 Å². The summed E-state index contributed by atoms with van der Waals surface area (Å²) in [5, 5.41) is 14.0. The number of aromatic nitrogens is 2. The molecular formula is C12H13ClN2O2. The Kier molecular flexibility index (Phi) is 3.66. The molecule has 0 unspecified atom stereocenters. The summed E-state index contributed by atoms with van der Waals surface area (Å²) in [5.74, 6) is 0.562. The van der Waals surface area contributed by atoms with Crippen LogP contribution in [0.3, 0.4) is 0 Å². The van der Waals surface area contributed by atoms with Gasteiger partial charge in [0.05, 0.1) is 32.0 Å². The summed E-state index contributed by atoms with van der Waals surface area (Å²) in [6.07, 6.45) is 1.59. The summed E-state index contributed by atoms with van der Waals surface area (Å²) in [6, 6.07) is 7.57. The molecule has 1 aromatic heterocycles. The number of rotatable bonds is 4. The molecule has 17 heavy (non-hydrogen) atoms. The molecule has 0 radical (unpaired) electrons. The fourth-order valence-electron chi connectivity index (χ4n) is 1.66. The van der Waals surface area contributed by atoms with E-state index in [4.69, 9.17) is 21.4 Å². The van der Waals surface area contributed by atoms with E-state index < -0.39 is 0 Å². The first-order valence-corrected chi connectivity index (χ1v) is 5.57. The molecule has 0 saturated carbocycles. The molecule has 0 aliphatic carbocycles. The topological polar surface area (TPSA) is 47.3 Å². The Morgan fingerprint density at radius 3 is 2.76 bits per heavy atom. The summed E-state index contributed by atoms with van der Waals surface area (Å²) in [4.78, 5) is 0. The van der Waals surface area contributed by atoms with E-state index >= 15 is 0 Å². The Morgan fingerprint density at radius 1 is 1.35 bits per heavy atom. The summed E-state index contributed by atoms with van der Waals surface area (Å²) < 4.78 is 6.89. The van der Waals surface area contributed by atoms with Crippen molar-refractivity contribution in [2.45, 2.75) is 13.2 Å². The first-order chi connectivity index (χ1) is 8.26. The van der Waals surface area contributed by atoms with E-state index in [0.29, 0.717) is 23.0 Å². The van der Waals surface area contributed by atoms with Crippen LogP contribution in [0.5, 0.6) is 5.88 Å². The molecule has 2 aromatic rings. The molecule has 0 atom stereocenters. The quantitative estimate of drug-likeness (QED) is 0.906. The van der Waals surface area contributed by atoms with E-state index in [2.05, 4.69) is 5.10 Å². The van der Waals surface area contributed by atoms with Crippen molar-refractivity contribution in [3.05, 3.63) is 46.6 Å². The lowest BCUT2D eigenvalue weighted by Crippen LogP contribution is -2.05. The Hall–Kier alpha value is -1.52. The van der Waals surface area contributed by atoms with Gasteiger partial charge in [-0.25, -0.2) is 4.68 Å². The molecule has 5 heteroatoms. The van der Waals surface area contributed by atoms with Gasteiger partial charge in [0.15, 0.2) is 0 Å². The molecule has 4 nitrogen and oxygen atoms in total. The molecule has 0 saturated heterocycles. The molecule has 0 aliphatic rings. The SMILES string of the molecule is COc1c(CO)cnn1Cc1ccccc1Cl. The Balaban J connectivity index is 2.30. The summed E-state index contributed by atoms with van der Waals surface area (Å²) >= 11 is 6.08. The van der Waals surface area contributed by atoms with E-state index in [-0.39, 0.29) is 6.61 Å². The normalized spacial score (nSPS) is 10.5. The van der Waals surface area contributed by atoms with Crippen LogP contribution in [-0.2, 0) is 13.2 Å². The first-order valence-electron chi connectivity index (χ1n) is 5.19. The average molecular weight is 253 g/mol. The molecule has 0 fully saturated rings. The van der Waals surface area contributed by atoms with E-state index in [0.717, 1.165) is 5.56 Å². The van der Waals surface area contributed by atoms with Crippen LogP contribution >= 0.6 is 11.6 Å². The molecule has 90 valence electrons. The van der Waals surface area contributed by atoms with Crippen LogP contribution < -0.4 is 4.74 Å². The number of hydrogen-bond donors (Lipinski definition) is 1. The molecule has 2 rings (SSSR count). The van der Waals surface area contributed by atoms with Gasteiger partial charge in [-0.3, -0.25) is 0 Å². The highest BCUT2D eigenvalue weighted by molar-refractivity contribution is 6.31. The predicted molar refractivity (Wildman–Crippen MR) is 65.3 cm³/mol. The minimum absolute atomic E-state index is 0.0916. The molecular weight excluding hydrogens is 240 g/mol. The van der Waals surface area contributed by atoms with Gasteiger partial charge in [0.25, 0.3) is 0 Å². The molecule has 1 N–H and O–H groups in total. The zero-order valence-electron chi connectivity index (χ0n) is 9.43. The van der Waals surface area contributed by atoms with Gasteiger partial charge in [-0.05, 0) is 11.6 Å². The van der Waals surface area contributed by atoms with Crippen LogP contribution in [0.15, 0.2) is 30.5 Å². The van der Waals surface area contributed by atoms with Crippen LogP contribution in [0.4, 0.5) is 0 Å². The third kappa shape index (κ3) is 2.43. The van der Waals surface area contributed by atoms with Gasteiger partial charge in [-0.1, -0.05) is 29.8 Å². The average Bonchev–Trinajstić information content (AvgIpc) is 2.74. The van der Waals surface area contributed by atoms with Crippen molar-refractivity contribution in [2.75, 3.05) is 7.11 Å². The van der Waals surface area contributed by atoms with Crippen molar-refractivity contribution in [1.82, 2.24) is 9.78 Å². The lowest BCUT2D eigenvalue weighted by molar-refractivity contribution is 0.270. The van der Waals surface area contributed by atoms with Crippen molar-refractivity contribution in [1.29, 1.82) is 0 Å². The fraction of sp³-hybridized carbons (Fsp3) is 0.250. The van der Waals surface area contributed by atoms with Crippen LogP contribution in [0, 0.1) is 0 Å². The number of aliphatic hydroxyl groups excluding tert-OH is 1. The van der Waals surface area contributed by atoms with E-state index in [1.165, 1.54) is 0 Å². The van der Waals surface area contributed by atoms with Gasteiger partial charge in [0.1, 0.15) is 0 Å². The molecule has 1 heterocycles. The number of aliphatic hydroxyl groups is 1. The van der Waals surface area contributed by atoms with Crippen LogP contribution in [0.25, 0.3) is 0 Å². The maximum Gasteiger partial charge on any atom is 0.217 e. The second-order valence-corrected chi connectivity index (χ2v) is 3.99. The zero-order chi connectivity index (χ0) is 12.3. The standard InChI is InChI=1S/C12H13ClN2O2/c1-17-12-10(8-16)6-14-15(12)7-9-4-2-3-5-11(9)13/h2-6,16H,7-8H2,1H3. The highest BCUT2D eigenvalue weighted by Gasteiger charge is 2.11. The molecule has 1 aromatic carbocycles. The first kappa shape index (κ1) is 12.0. The lowest BCUT2D eigenvalue weighted by atomic mass is 10.2. The third-order valence-corrected chi connectivity index (χ3v) is 2.87. The van der Waals surface area contributed by atoms with Crippen LogP contribution in [0.2, 0.25) is 5.02 Å². The number of nitrogens with zero attached hydrogens (tertiary/aromatic N) is 2. The van der Waals surface area contributed by atoms with E-state index in [1.54, 1.807) is 18.0 Å². The highest BCUT2D eigenvalue weighted by Crippen LogP contribution is 2.22. The van der Waals surface area contributed by atoms with Gasteiger partial charge in [0, 0.05) is 5.02 Å². The van der Waals surface area contributed by atoms with Gasteiger partial charge < -0.3 is 9.84 Å². The van der Waals surface area contributed by atoms with E-state index in [1.807, 2.05) is 24.3 Å². The van der Waals surface area contributed by atoms with Crippen molar-refractivity contribution in [3.8, 4) is 5.88 Å². The zero-order valence-corrected chi connectivity index (χ0v) is 10.2. The molecule has 0 amide bonds. The number of benzene rings is 1. The van der Waals surface area contributed by atoms with Gasteiger partial charge in [-0.2, -0.15) is 5.10 Å². The summed E-state index contributed by atoms with van der Waals surface area (Å²) in [7, 11) is 1.55. The maximum atomic E-state index is 9.12. The minimum atomic E-state index is -0.0916.